The fourth-order valence-electron chi connectivity index (χ4n) is 2.10. The molecule has 120 valence electrons. The van der Waals surface area contributed by atoms with Gasteiger partial charge >= 0.3 is 0 Å². The molecule has 1 aromatic rings. The minimum Gasteiger partial charge on any atom is -0.383 e. The van der Waals surface area contributed by atoms with Crippen LogP contribution in [-0.2, 0) is 9.47 Å². The highest BCUT2D eigenvalue weighted by molar-refractivity contribution is 5.23. The van der Waals surface area contributed by atoms with E-state index < -0.39 is 23.5 Å². The van der Waals surface area contributed by atoms with Gasteiger partial charge < -0.3 is 15.2 Å². The second-order valence-electron chi connectivity index (χ2n) is 4.57. The maximum absolute atomic E-state index is 13.4. The molecule has 0 aliphatic heterocycles. The van der Waals surface area contributed by atoms with Gasteiger partial charge in [0.15, 0.2) is 17.5 Å². The number of nitrogens with zero attached hydrogens (tertiary/aromatic N) is 1. The van der Waals surface area contributed by atoms with Gasteiger partial charge in [-0.3, -0.25) is 4.90 Å². The van der Waals surface area contributed by atoms with Gasteiger partial charge in [-0.1, -0.05) is 0 Å². The van der Waals surface area contributed by atoms with E-state index in [2.05, 4.69) is 0 Å². The molecular formula is C14H21F3N2O2. The number of rotatable bonds is 9. The van der Waals surface area contributed by atoms with E-state index >= 15 is 0 Å². The zero-order valence-corrected chi connectivity index (χ0v) is 12.2. The first-order valence-corrected chi connectivity index (χ1v) is 6.61. The Morgan fingerprint density at radius 3 is 1.90 bits per heavy atom. The van der Waals surface area contributed by atoms with Crippen LogP contribution in [0.4, 0.5) is 13.2 Å². The Balaban J connectivity index is 3.00. The van der Waals surface area contributed by atoms with Crippen molar-refractivity contribution < 1.29 is 22.6 Å². The molecule has 0 amide bonds. The summed E-state index contributed by atoms with van der Waals surface area (Å²) in [5.74, 6) is -3.92. The number of halogens is 3. The average Bonchev–Trinajstić information content (AvgIpc) is 2.47. The smallest absolute Gasteiger partial charge is 0.194 e. The Kier molecular flexibility index (Phi) is 7.66. The molecule has 1 aromatic carbocycles. The molecule has 0 radical (unpaired) electrons. The molecule has 0 saturated carbocycles. The van der Waals surface area contributed by atoms with Crippen LogP contribution in [-0.4, -0.2) is 52.0 Å². The molecule has 1 unspecified atom stereocenters. The van der Waals surface area contributed by atoms with Crippen LogP contribution in [0.25, 0.3) is 0 Å². The summed E-state index contributed by atoms with van der Waals surface area (Å²) in [6.45, 7) is 2.04. The Hall–Kier alpha value is -1.15. The third-order valence-electron chi connectivity index (χ3n) is 3.22. The number of hydrogen-bond donors (Lipinski definition) is 1. The Morgan fingerprint density at radius 2 is 1.52 bits per heavy atom. The lowest BCUT2D eigenvalue weighted by Gasteiger charge is -2.31. The Bertz CT molecular complexity index is 415. The van der Waals surface area contributed by atoms with Crippen LogP contribution in [0, 0.1) is 17.5 Å². The molecule has 0 spiro atoms. The number of methoxy groups -OCH3 is 2. The van der Waals surface area contributed by atoms with Gasteiger partial charge in [-0.2, -0.15) is 0 Å². The van der Waals surface area contributed by atoms with Crippen LogP contribution < -0.4 is 5.73 Å². The maximum Gasteiger partial charge on any atom is 0.194 e. The molecule has 0 saturated heterocycles. The third kappa shape index (κ3) is 4.96. The second kappa shape index (κ2) is 8.99. The SMILES string of the molecule is COCCN(CCOC)C(CN)c1cc(F)c(F)c(F)c1. The zero-order valence-electron chi connectivity index (χ0n) is 12.2. The van der Waals surface area contributed by atoms with Gasteiger partial charge in [-0.25, -0.2) is 13.2 Å². The summed E-state index contributed by atoms with van der Waals surface area (Å²) in [5.41, 5.74) is 6.02. The largest absolute Gasteiger partial charge is 0.383 e. The normalized spacial score (nSPS) is 12.9. The Morgan fingerprint density at radius 1 is 1.05 bits per heavy atom. The first kappa shape index (κ1) is 17.9. The van der Waals surface area contributed by atoms with Gasteiger partial charge in [0.25, 0.3) is 0 Å². The van der Waals surface area contributed by atoms with Gasteiger partial charge in [0.1, 0.15) is 0 Å². The Labute approximate surface area is 122 Å². The molecule has 21 heavy (non-hydrogen) atoms. The van der Waals surface area contributed by atoms with E-state index in [1.165, 1.54) is 0 Å². The number of ether oxygens (including phenoxy) is 2. The van der Waals surface area contributed by atoms with E-state index in [9.17, 15) is 13.2 Å². The molecule has 0 fully saturated rings. The lowest BCUT2D eigenvalue weighted by molar-refractivity contribution is 0.0889. The molecular weight excluding hydrogens is 285 g/mol. The lowest BCUT2D eigenvalue weighted by Crippen LogP contribution is -2.38. The van der Waals surface area contributed by atoms with Crippen molar-refractivity contribution in [3.8, 4) is 0 Å². The van der Waals surface area contributed by atoms with Crippen molar-refractivity contribution in [2.24, 2.45) is 5.73 Å². The summed E-state index contributed by atoms with van der Waals surface area (Å²) in [6.07, 6.45) is 0. The first-order valence-electron chi connectivity index (χ1n) is 6.61. The van der Waals surface area contributed by atoms with Crippen LogP contribution >= 0.6 is 0 Å². The van der Waals surface area contributed by atoms with Gasteiger partial charge in [0, 0.05) is 39.9 Å². The first-order chi connectivity index (χ1) is 10.0. The molecule has 2 N–H and O–H groups in total. The van der Waals surface area contributed by atoms with Crippen molar-refractivity contribution in [1.82, 2.24) is 4.90 Å². The van der Waals surface area contributed by atoms with Gasteiger partial charge in [-0.05, 0) is 17.7 Å². The third-order valence-corrected chi connectivity index (χ3v) is 3.22. The second-order valence-corrected chi connectivity index (χ2v) is 4.57. The zero-order chi connectivity index (χ0) is 15.8. The number of hydrogen-bond acceptors (Lipinski definition) is 4. The van der Waals surface area contributed by atoms with Crippen LogP contribution in [0.15, 0.2) is 12.1 Å². The van der Waals surface area contributed by atoms with E-state index in [0.29, 0.717) is 31.9 Å². The molecule has 0 heterocycles. The highest BCUT2D eigenvalue weighted by atomic mass is 19.2. The standard InChI is InChI=1S/C14H21F3N2O2/c1-20-5-3-19(4-6-21-2)13(9-18)10-7-11(15)14(17)12(16)8-10/h7-8,13H,3-6,9,18H2,1-2H3. The summed E-state index contributed by atoms with van der Waals surface area (Å²) >= 11 is 0. The fourth-order valence-corrected chi connectivity index (χ4v) is 2.10. The topological polar surface area (TPSA) is 47.7 Å². The minimum atomic E-state index is -1.48. The van der Waals surface area contributed by atoms with Gasteiger partial charge in [0.2, 0.25) is 0 Å². The average molecular weight is 306 g/mol. The van der Waals surface area contributed by atoms with Crippen molar-refractivity contribution >= 4 is 0 Å². The molecule has 1 atom stereocenters. The van der Waals surface area contributed by atoms with E-state index in [1.807, 2.05) is 4.90 Å². The molecule has 0 aliphatic rings. The predicted molar refractivity (Wildman–Crippen MR) is 73.4 cm³/mol. The maximum atomic E-state index is 13.4. The van der Waals surface area contributed by atoms with Crippen LogP contribution in [0.3, 0.4) is 0 Å². The quantitative estimate of drug-likeness (QED) is 0.706. The predicted octanol–water partition coefficient (Wildman–Crippen LogP) is 1.70. The van der Waals surface area contributed by atoms with Crippen molar-refractivity contribution in [2.45, 2.75) is 6.04 Å². The van der Waals surface area contributed by atoms with Crippen LogP contribution in [0.5, 0.6) is 0 Å². The van der Waals surface area contributed by atoms with Crippen molar-refractivity contribution in [3.63, 3.8) is 0 Å². The van der Waals surface area contributed by atoms with Gasteiger partial charge in [0.05, 0.1) is 13.2 Å². The van der Waals surface area contributed by atoms with Crippen LogP contribution in [0.2, 0.25) is 0 Å². The van der Waals surface area contributed by atoms with Crippen molar-refractivity contribution in [3.05, 3.63) is 35.1 Å². The molecule has 4 nitrogen and oxygen atoms in total. The van der Waals surface area contributed by atoms with Crippen molar-refractivity contribution in [2.75, 3.05) is 47.1 Å². The fraction of sp³-hybridized carbons (Fsp3) is 0.571. The lowest BCUT2D eigenvalue weighted by atomic mass is 10.0. The highest BCUT2D eigenvalue weighted by Gasteiger charge is 2.22. The molecule has 0 aliphatic carbocycles. The summed E-state index contributed by atoms with van der Waals surface area (Å²) in [7, 11) is 3.12. The van der Waals surface area contributed by atoms with E-state index in [-0.39, 0.29) is 6.54 Å². The molecule has 7 heteroatoms. The van der Waals surface area contributed by atoms with E-state index in [1.54, 1.807) is 14.2 Å². The van der Waals surface area contributed by atoms with E-state index in [0.717, 1.165) is 12.1 Å². The highest BCUT2D eigenvalue weighted by Crippen LogP contribution is 2.23. The summed E-state index contributed by atoms with van der Waals surface area (Å²) < 4.78 is 49.8. The number of benzene rings is 1. The molecule has 1 rings (SSSR count). The molecule has 0 aromatic heterocycles. The molecule has 0 bridgehead atoms. The van der Waals surface area contributed by atoms with Crippen LogP contribution in [0.1, 0.15) is 11.6 Å². The summed E-state index contributed by atoms with van der Waals surface area (Å²) in [4.78, 5) is 1.89. The summed E-state index contributed by atoms with van der Waals surface area (Å²) in [6, 6.07) is 1.50. The number of nitrogens with two attached hydrogens (primary N) is 1. The van der Waals surface area contributed by atoms with Crippen molar-refractivity contribution in [1.29, 1.82) is 0 Å². The monoisotopic (exact) mass is 306 g/mol. The minimum absolute atomic E-state index is 0.137. The van der Waals surface area contributed by atoms with E-state index in [4.69, 9.17) is 15.2 Å². The summed E-state index contributed by atoms with van der Waals surface area (Å²) in [5, 5.41) is 0. The van der Waals surface area contributed by atoms with Gasteiger partial charge in [-0.15, -0.1) is 0 Å².